The van der Waals surface area contributed by atoms with E-state index in [1.807, 2.05) is 0 Å². The van der Waals surface area contributed by atoms with Crippen molar-refractivity contribution in [1.82, 2.24) is 19.5 Å². The zero-order valence-electron chi connectivity index (χ0n) is 8.69. The summed E-state index contributed by atoms with van der Waals surface area (Å²) in [5, 5.41) is 27.2. The molecular weight excluding hydrogens is 212 g/mol. The molecule has 0 atom stereocenters. The highest BCUT2D eigenvalue weighted by Gasteiger charge is 2.12. The minimum Gasteiger partial charge on any atom is -0.394 e. The van der Waals surface area contributed by atoms with Gasteiger partial charge in [-0.25, -0.2) is 4.68 Å². The highest BCUT2D eigenvalue weighted by molar-refractivity contribution is 5.60. The van der Waals surface area contributed by atoms with Crippen LogP contribution in [0.2, 0.25) is 0 Å². The van der Waals surface area contributed by atoms with Gasteiger partial charge in [-0.1, -0.05) is 5.21 Å². The Kier molecular flexibility index (Phi) is 2.93. The number of nitrogen functional groups attached to an aromatic ring is 1. The van der Waals surface area contributed by atoms with Crippen LogP contribution in [-0.2, 0) is 0 Å². The lowest BCUT2D eigenvalue weighted by Crippen LogP contribution is -2.39. The van der Waals surface area contributed by atoms with Gasteiger partial charge in [-0.05, 0) is 0 Å². The number of fused-ring (bicyclic) bond motifs is 1. The fourth-order valence-corrected chi connectivity index (χ4v) is 1.61. The van der Waals surface area contributed by atoms with Crippen LogP contribution in [0.4, 0.5) is 5.82 Å². The van der Waals surface area contributed by atoms with Gasteiger partial charge in [0.2, 0.25) is 0 Å². The molecule has 0 aromatic carbocycles. The Labute approximate surface area is 91.5 Å². The molecule has 0 spiro atoms. The second kappa shape index (κ2) is 4.37. The number of aliphatic hydroxyl groups is 2. The lowest BCUT2D eigenvalue weighted by Gasteiger charge is -2.24. The van der Waals surface area contributed by atoms with Crippen LogP contribution >= 0.6 is 0 Å². The van der Waals surface area contributed by atoms with E-state index in [-0.39, 0.29) is 13.2 Å². The Balaban J connectivity index is 2.38. The number of rotatable bonds is 5. The number of nitrogens with zero attached hydrogens (tertiary/aromatic N) is 5. The molecule has 0 fully saturated rings. The van der Waals surface area contributed by atoms with Gasteiger partial charge in [0.05, 0.1) is 32.5 Å². The van der Waals surface area contributed by atoms with Crippen LogP contribution in [0.25, 0.3) is 5.65 Å². The average Bonchev–Trinajstić information content (AvgIpc) is 2.82. The highest BCUT2D eigenvalue weighted by Crippen LogP contribution is 2.10. The number of hydrogen-bond acceptors (Lipinski definition) is 6. The Hall–Kier alpha value is -1.80. The third kappa shape index (κ3) is 1.68. The molecule has 0 amide bonds. The zero-order chi connectivity index (χ0) is 11.5. The summed E-state index contributed by atoms with van der Waals surface area (Å²) < 4.78 is 3.26. The predicted octanol–water partition coefficient (Wildman–Crippen LogP) is -1.96. The first-order valence-electron chi connectivity index (χ1n) is 4.92. The van der Waals surface area contributed by atoms with Gasteiger partial charge in [-0.15, -0.1) is 5.10 Å². The lowest BCUT2D eigenvalue weighted by atomic mass is 10.5. The molecule has 2 rings (SSSR count). The minimum absolute atomic E-state index is 0.00812. The van der Waals surface area contributed by atoms with E-state index >= 15 is 0 Å². The minimum atomic E-state index is -0.00812. The average molecular weight is 226 g/mol. The summed E-state index contributed by atoms with van der Waals surface area (Å²) >= 11 is 0. The van der Waals surface area contributed by atoms with E-state index in [1.54, 1.807) is 22.1 Å². The summed E-state index contributed by atoms with van der Waals surface area (Å²) in [7, 11) is 0. The van der Waals surface area contributed by atoms with Crippen molar-refractivity contribution in [3.63, 3.8) is 0 Å². The Morgan fingerprint density at radius 1 is 1.25 bits per heavy atom. The fraction of sp³-hybridized carbons (Fsp3) is 0.500. The molecule has 2 heterocycles. The normalized spacial score (nSPS) is 11.1. The van der Waals surface area contributed by atoms with Crippen LogP contribution in [0.15, 0.2) is 12.4 Å². The Morgan fingerprint density at radius 3 is 2.56 bits per heavy atom. The molecule has 16 heavy (non-hydrogen) atoms. The molecule has 0 aliphatic rings. The van der Waals surface area contributed by atoms with Gasteiger partial charge >= 0.3 is 0 Å². The van der Waals surface area contributed by atoms with E-state index in [4.69, 9.17) is 15.9 Å². The summed E-state index contributed by atoms with van der Waals surface area (Å²) in [6.07, 6.45) is 3.46. The van der Waals surface area contributed by atoms with Crippen molar-refractivity contribution in [2.75, 3.05) is 37.0 Å². The number of hydrogen-bond donors (Lipinski definition) is 3. The third-order valence-electron chi connectivity index (χ3n) is 2.28. The maximum Gasteiger partial charge on any atom is 0.199 e. The van der Waals surface area contributed by atoms with E-state index in [0.717, 1.165) is 0 Å². The maximum atomic E-state index is 8.95. The molecule has 4 N–H and O–H groups in total. The second-order valence-corrected chi connectivity index (χ2v) is 3.29. The van der Waals surface area contributed by atoms with Crippen LogP contribution < -0.4 is 10.7 Å². The molecule has 0 bridgehead atoms. The lowest BCUT2D eigenvalue weighted by molar-refractivity contribution is 0.266. The van der Waals surface area contributed by atoms with Crippen molar-refractivity contribution in [3.05, 3.63) is 12.4 Å². The topological polar surface area (TPSA) is 105 Å². The third-order valence-corrected chi connectivity index (χ3v) is 2.28. The molecule has 2 aromatic rings. The number of aromatic nitrogens is 4. The number of nitrogens with two attached hydrogens (primary N) is 1. The fourth-order valence-electron chi connectivity index (χ4n) is 1.61. The molecule has 8 heteroatoms. The van der Waals surface area contributed by atoms with Gasteiger partial charge in [-0.2, -0.15) is 4.52 Å². The summed E-state index contributed by atoms with van der Waals surface area (Å²) in [5.41, 5.74) is 6.31. The molecule has 0 aliphatic carbocycles. The van der Waals surface area contributed by atoms with E-state index < -0.39 is 0 Å². The van der Waals surface area contributed by atoms with Crippen LogP contribution in [0, 0.1) is 0 Å². The van der Waals surface area contributed by atoms with Crippen molar-refractivity contribution in [3.8, 4) is 0 Å². The standard InChI is InChI=1S/C8H14N6O2/c9-7-8-13(11-10-7)1-2-14(8)12(3-5-15)4-6-16/h1-2,15-16H,3-6,9H2. The van der Waals surface area contributed by atoms with Crippen molar-refractivity contribution in [2.45, 2.75) is 0 Å². The second-order valence-electron chi connectivity index (χ2n) is 3.29. The molecule has 0 saturated carbocycles. The van der Waals surface area contributed by atoms with Crippen LogP contribution in [0.3, 0.4) is 0 Å². The van der Waals surface area contributed by atoms with Crippen LogP contribution in [0.1, 0.15) is 0 Å². The Bertz CT molecular complexity index is 458. The maximum absolute atomic E-state index is 8.95. The van der Waals surface area contributed by atoms with Crippen molar-refractivity contribution in [1.29, 1.82) is 0 Å². The largest absolute Gasteiger partial charge is 0.394 e. The SMILES string of the molecule is Nc1nnn2ccn(N(CCO)CCO)c12. The predicted molar refractivity (Wildman–Crippen MR) is 57.5 cm³/mol. The quantitative estimate of drug-likeness (QED) is 0.546. The molecule has 0 saturated heterocycles. The van der Waals surface area contributed by atoms with Gasteiger partial charge in [0.1, 0.15) is 0 Å². The first-order chi connectivity index (χ1) is 7.77. The van der Waals surface area contributed by atoms with Gasteiger partial charge in [0, 0.05) is 6.20 Å². The van der Waals surface area contributed by atoms with Gasteiger partial charge in [-0.3, -0.25) is 0 Å². The van der Waals surface area contributed by atoms with Crippen LogP contribution in [0.5, 0.6) is 0 Å². The summed E-state index contributed by atoms with van der Waals surface area (Å²) in [4.78, 5) is 0. The van der Waals surface area contributed by atoms with Crippen molar-refractivity contribution >= 4 is 11.5 Å². The van der Waals surface area contributed by atoms with Crippen molar-refractivity contribution in [2.24, 2.45) is 0 Å². The van der Waals surface area contributed by atoms with E-state index in [9.17, 15) is 0 Å². The van der Waals surface area contributed by atoms with Crippen molar-refractivity contribution < 1.29 is 10.2 Å². The molecule has 0 radical (unpaired) electrons. The monoisotopic (exact) mass is 226 g/mol. The molecule has 2 aromatic heterocycles. The summed E-state index contributed by atoms with van der Waals surface area (Å²) in [5.74, 6) is 0.311. The van der Waals surface area contributed by atoms with E-state index in [0.29, 0.717) is 24.6 Å². The summed E-state index contributed by atoms with van der Waals surface area (Å²) in [6.45, 7) is 0.780. The van der Waals surface area contributed by atoms with Crippen LogP contribution in [-0.4, -0.2) is 56.0 Å². The molecule has 0 unspecified atom stereocenters. The summed E-state index contributed by atoms with van der Waals surface area (Å²) in [6, 6.07) is 0. The van der Waals surface area contributed by atoms with Gasteiger partial charge in [0.25, 0.3) is 0 Å². The first-order valence-corrected chi connectivity index (χ1v) is 4.92. The molecular formula is C8H14N6O2. The smallest absolute Gasteiger partial charge is 0.199 e. The molecule has 8 nitrogen and oxygen atoms in total. The number of imidazole rings is 1. The molecule has 88 valence electrons. The van der Waals surface area contributed by atoms with E-state index in [2.05, 4.69) is 10.3 Å². The zero-order valence-corrected chi connectivity index (χ0v) is 8.69. The number of anilines is 1. The van der Waals surface area contributed by atoms with Gasteiger partial charge in [0.15, 0.2) is 11.5 Å². The number of aliphatic hydroxyl groups excluding tert-OH is 2. The highest BCUT2D eigenvalue weighted by atomic mass is 16.3. The Morgan fingerprint density at radius 2 is 1.94 bits per heavy atom. The molecule has 0 aliphatic heterocycles. The van der Waals surface area contributed by atoms with E-state index in [1.165, 1.54) is 4.52 Å². The first kappa shape index (κ1) is 10.7. The van der Waals surface area contributed by atoms with Gasteiger partial charge < -0.3 is 21.0 Å².